The van der Waals surface area contributed by atoms with Gasteiger partial charge in [0.25, 0.3) is 11.8 Å². The van der Waals surface area contributed by atoms with Gasteiger partial charge in [-0.3, -0.25) is 9.59 Å². The highest BCUT2D eigenvalue weighted by molar-refractivity contribution is 5.95. The predicted molar refractivity (Wildman–Crippen MR) is 90.0 cm³/mol. The topological polar surface area (TPSA) is 96.9 Å². The summed E-state index contributed by atoms with van der Waals surface area (Å²) < 4.78 is 10.4. The first-order valence-electron chi connectivity index (χ1n) is 7.88. The lowest BCUT2D eigenvalue weighted by molar-refractivity contribution is 0.0951. The fourth-order valence-corrected chi connectivity index (χ4v) is 2.38. The number of carbonyl (C=O) groups excluding carboxylic acids is 2. The molecule has 0 saturated carbocycles. The van der Waals surface area contributed by atoms with Crippen molar-refractivity contribution < 1.29 is 24.2 Å². The molecule has 1 heterocycles. The Labute approximate surface area is 144 Å². The zero-order chi connectivity index (χ0) is 17.6. The summed E-state index contributed by atoms with van der Waals surface area (Å²) in [6, 6.07) is 11.1. The van der Waals surface area contributed by atoms with Gasteiger partial charge in [-0.1, -0.05) is 6.07 Å². The Morgan fingerprint density at radius 2 is 1.60 bits per heavy atom. The SMILES string of the molecule is O=C(NCCCNC(=O)c1ccc2c(c1)OCO2)c1cccc(O)c1. The summed E-state index contributed by atoms with van der Waals surface area (Å²) in [7, 11) is 0. The van der Waals surface area contributed by atoms with Gasteiger partial charge in [-0.05, 0) is 42.8 Å². The quantitative estimate of drug-likeness (QED) is 0.694. The molecule has 0 aliphatic carbocycles. The van der Waals surface area contributed by atoms with E-state index >= 15 is 0 Å². The van der Waals surface area contributed by atoms with E-state index in [1.165, 1.54) is 12.1 Å². The summed E-state index contributed by atoms with van der Waals surface area (Å²) in [5.74, 6) is 0.761. The number of benzene rings is 2. The lowest BCUT2D eigenvalue weighted by Crippen LogP contribution is -2.29. The van der Waals surface area contributed by atoms with E-state index in [0.29, 0.717) is 42.1 Å². The van der Waals surface area contributed by atoms with Crippen molar-refractivity contribution in [3.63, 3.8) is 0 Å². The number of hydrogen-bond acceptors (Lipinski definition) is 5. The molecule has 2 amide bonds. The van der Waals surface area contributed by atoms with Crippen LogP contribution in [0.1, 0.15) is 27.1 Å². The van der Waals surface area contributed by atoms with Crippen molar-refractivity contribution in [3.05, 3.63) is 53.6 Å². The number of carbonyl (C=O) groups is 2. The van der Waals surface area contributed by atoms with Gasteiger partial charge in [-0.2, -0.15) is 0 Å². The smallest absolute Gasteiger partial charge is 0.251 e. The average Bonchev–Trinajstić information content (AvgIpc) is 3.08. The van der Waals surface area contributed by atoms with Crippen molar-refractivity contribution in [2.24, 2.45) is 0 Å². The normalized spacial score (nSPS) is 11.8. The van der Waals surface area contributed by atoms with Gasteiger partial charge in [0.2, 0.25) is 6.79 Å². The molecule has 0 bridgehead atoms. The predicted octanol–water partition coefficient (Wildman–Crippen LogP) is 1.67. The first-order chi connectivity index (χ1) is 12.1. The number of phenolic OH excluding ortho intramolecular Hbond substituents is 1. The van der Waals surface area contributed by atoms with Crippen LogP contribution in [0.5, 0.6) is 17.2 Å². The van der Waals surface area contributed by atoms with Crippen molar-refractivity contribution in [2.75, 3.05) is 19.9 Å². The lowest BCUT2D eigenvalue weighted by Gasteiger charge is -2.08. The van der Waals surface area contributed by atoms with E-state index in [9.17, 15) is 14.7 Å². The maximum atomic E-state index is 12.1. The molecular weight excluding hydrogens is 324 g/mol. The third-order valence-electron chi connectivity index (χ3n) is 3.67. The number of phenols is 1. The highest BCUT2D eigenvalue weighted by Gasteiger charge is 2.15. The second-order valence-electron chi connectivity index (χ2n) is 5.48. The number of nitrogens with one attached hydrogen (secondary N) is 2. The molecule has 7 nitrogen and oxygen atoms in total. The van der Waals surface area contributed by atoms with Crippen molar-refractivity contribution in [2.45, 2.75) is 6.42 Å². The lowest BCUT2D eigenvalue weighted by atomic mass is 10.2. The van der Waals surface area contributed by atoms with Gasteiger partial charge in [0.15, 0.2) is 11.5 Å². The van der Waals surface area contributed by atoms with Crippen molar-refractivity contribution in [1.82, 2.24) is 10.6 Å². The molecule has 3 rings (SSSR count). The summed E-state index contributed by atoms with van der Waals surface area (Å²) in [6.07, 6.45) is 0.584. The van der Waals surface area contributed by atoms with Crippen LogP contribution in [0.15, 0.2) is 42.5 Å². The molecule has 0 unspecified atom stereocenters. The molecule has 3 N–H and O–H groups in total. The molecule has 2 aromatic carbocycles. The van der Waals surface area contributed by atoms with Crippen LogP contribution in [0.4, 0.5) is 0 Å². The van der Waals surface area contributed by atoms with Gasteiger partial charge < -0.3 is 25.2 Å². The number of aromatic hydroxyl groups is 1. The maximum Gasteiger partial charge on any atom is 0.251 e. The number of fused-ring (bicyclic) bond motifs is 1. The largest absolute Gasteiger partial charge is 0.508 e. The summed E-state index contributed by atoms with van der Waals surface area (Å²) in [4.78, 5) is 24.0. The highest BCUT2D eigenvalue weighted by Crippen LogP contribution is 2.32. The fourth-order valence-electron chi connectivity index (χ4n) is 2.38. The van der Waals surface area contributed by atoms with E-state index in [0.717, 1.165) is 0 Å². The Morgan fingerprint density at radius 1 is 0.920 bits per heavy atom. The Bertz CT molecular complexity index is 791. The first kappa shape index (κ1) is 16.6. The Balaban J connectivity index is 1.40. The number of amides is 2. The molecule has 0 fully saturated rings. The van der Waals surface area contributed by atoms with Crippen LogP contribution < -0.4 is 20.1 Å². The van der Waals surface area contributed by atoms with Crippen LogP contribution in [0, 0.1) is 0 Å². The second kappa shape index (κ2) is 7.57. The van der Waals surface area contributed by atoms with E-state index in [-0.39, 0.29) is 24.4 Å². The minimum atomic E-state index is -0.266. The van der Waals surface area contributed by atoms with Crippen molar-refractivity contribution >= 4 is 11.8 Å². The van der Waals surface area contributed by atoms with E-state index in [2.05, 4.69) is 10.6 Å². The standard InChI is InChI=1S/C18H18N2O5/c21-14-4-1-3-12(9-14)17(22)19-7-2-8-20-18(23)13-5-6-15-16(10-13)25-11-24-15/h1,3-6,9-10,21H,2,7-8,11H2,(H,19,22)(H,20,23). The van der Waals surface area contributed by atoms with E-state index in [4.69, 9.17) is 9.47 Å². The van der Waals surface area contributed by atoms with Gasteiger partial charge in [-0.25, -0.2) is 0 Å². The summed E-state index contributed by atoms with van der Waals surface area (Å²) in [6.45, 7) is 1.00. The van der Waals surface area contributed by atoms with Gasteiger partial charge in [0, 0.05) is 24.2 Å². The molecule has 1 aliphatic heterocycles. The molecule has 0 atom stereocenters. The monoisotopic (exact) mass is 342 g/mol. The molecular formula is C18H18N2O5. The number of ether oxygens (including phenoxy) is 2. The van der Waals surface area contributed by atoms with Crippen molar-refractivity contribution in [3.8, 4) is 17.2 Å². The second-order valence-corrected chi connectivity index (χ2v) is 5.48. The van der Waals surface area contributed by atoms with Crippen LogP contribution in [-0.4, -0.2) is 36.8 Å². The summed E-state index contributed by atoms with van der Waals surface area (Å²) >= 11 is 0. The van der Waals surface area contributed by atoms with Gasteiger partial charge in [0.1, 0.15) is 5.75 Å². The van der Waals surface area contributed by atoms with Crippen LogP contribution in [0.25, 0.3) is 0 Å². The van der Waals surface area contributed by atoms with E-state index in [1.807, 2.05) is 0 Å². The van der Waals surface area contributed by atoms with E-state index in [1.54, 1.807) is 30.3 Å². The molecule has 1 aliphatic rings. The fraction of sp³-hybridized carbons (Fsp3) is 0.222. The Hall–Kier alpha value is -3.22. The molecule has 130 valence electrons. The van der Waals surface area contributed by atoms with Crippen molar-refractivity contribution in [1.29, 1.82) is 0 Å². The molecule has 7 heteroatoms. The zero-order valence-corrected chi connectivity index (χ0v) is 13.5. The zero-order valence-electron chi connectivity index (χ0n) is 13.5. The highest BCUT2D eigenvalue weighted by atomic mass is 16.7. The van der Waals surface area contributed by atoms with Gasteiger partial charge in [0.05, 0.1) is 0 Å². The summed E-state index contributed by atoms with van der Waals surface area (Å²) in [5.41, 5.74) is 0.887. The van der Waals surface area contributed by atoms with Crippen LogP contribution in [0.3, 0.4) is 0 Å². The number of rotatable bonds is 6. The van der Waals surface area contributed by atoms with Crippen LogP contribution in [-0.2, 0) is 0 Å². The Kier molecular flexibility index (Phi) is 5.03. The molecule has 0 saturated heterocycles. The molecule has 0 spiro atoms. The molecule has 0 radical (unpaired) electrons. The Morgan fingerprint density at radius 3 is 2.32 bits per heavy atom. The molecule has 0 aromatic heterocycles. The molecule has 2 aromatic rings. The van der Waals surface area contributed by atoms with Crippen LogP contribution >= 0.6 is 0 Å². The third-order valence-corrected chi connectivity index (χ3v) is 3.67. The van der Waals surface area contributed by atoms with Gasteiger partial charge >= 0.3 is 0 Å². The van der Waals surface area contributed by atoms with Gasteiger partial charge in [-0.15, -0.1) is 0 Å². The van der Waals surface area contributed by atoms with Crippen LogP contribution in [0.2, 0.25) is 0 Å². The first-order valence-corrected chi connectivity index (χ1v) is 7.88. The van der Waals surface area contributed by atoms with E-state index < -0.39 is 0 Å². The molecule has 25 heavy (non-hydrogen) atoms. The average molecular weight is 342 g/mol. The minimum absolute atomic E-state index is 0.0450. The minimum Gasteiger partial charge on any atom is -0.508 e. The number of hydrogen-bond donors (Lipinski definition) is 3. The third kappa shape index (κ3) is 4.20. The maximum absolute atomic E-state index is 12.1. The summed E-state index contributed by atoms with van der Waals surface area (Å²) in [5, 5.41) is 14.9.